The Morgan fingerprint density at radius 2 is 2.38 bits per heavy atom. The molecule has 0 heterocycles. The Hall–Kier alpha value is 0.340. The minimum absolute atomic E-state index is 0.751. The Labute approximate surface area is 59.3 Å². The van der Waals surface area contributed by atoms with Crippen LogP contribution in [-0.2, 0) is 0 Å². The molecule has 0 saturated heterocycles. The summed E-state index contributed by atoms with van der Waals surface area (Å²) in [7, 11) is 0. The summed E-state index contributed by atoms with van der Waals surface area (Å²) >= 11 is 7.04. The molecule has 0 aliphatic rings. The smallest absolute Gasteiger partial charge is 0.0125 e. The van der Waals surface area contributed by atoms with Gasteiger partial charge in [0.1, 0.15) is 0 Å². The third kappa shape index (κ3) is 6.34. The number of thioether (sulfide) groups is 1. The van der Waals surface area contributed by atoms with Crippen molar-refractivity contribution >= 4 is 23.4 Å². The van der Waals surface area contributed by atoms with Crippen LogP contribution in [0.15, 0.2) is 11.6 Å². The first kappa shape index (κ1) is 8.34. The second-order valence-electron chi connectivity index (χ2n) is 1.23. The number of rotatable bonds is 4. The molecule has 48 valence electrons. The largest absolute Gasteiger partial charge is 0.330 e. The maximum atomic E-state index is 5.26. The molecule has 2 N–H and O–H groups in total. The van der Waals surface area contributed by atoms with Crippen molar-refractivity contribution < 1.29 is 0 Å². The normalized spacial score (nSPS) is 10.8. The molecule has 0 aliphatic heterocycles. The summed E-state index contributed by atoms with van der Waals surface area (Å²) in [6.45, 7) is 0.751. The van der Waals surface area contributed by atoms with E-state index in [0.717, 1.165) is 18.1 Å². The van der Waals surface area contributed by atoms with E-state index >= 15 is 0 Å². The van der Waals surface area contributed by atoms with E-state index < -0.39 is 0 Å². The Kier molecular flexibility index (Phi) is 7.65. The zero-order valence-electron chi connectivity index (χ0n) is 4.64. The van der Waals surface area contributed by atoms with Gasteiger partial charge in [0.05, 0.1) is 0 Å². The number of halogens is 1. The molecule has 0 amide bonds. The molecule has 0 spiro atoms. The van der Waals surface area contributed by atoms with Gasteiger partial charge in [0, 0.05) is 23.6 Å². The first-order chi connectivity index (χ1) is 3.91. The van der Waals surface area contributed by atoms with Gasteiger partial charge in [-0.1, -0.05) is 17.7 Å². The maximum Gasteiger partial charge on any atom is 0.0125 e. The van der Waals surface area contributed by atoms with Crippen LogP contribution in [0.1, 0.15) is 0 Å². The van der Waals surface area contributed by atoms with Gasteiger partial charge in [0.2, 0.25) is 0 Å². The van der Waals surface area contributed by atoms with Crippen molar-refractivity contribution in [1.82, 2.24) is 0 Å². The highest BCUT2D eigenvalue weighted by Crippen LogP contribution is 1.97. The highest BCUT2D eigenvalue weighted by Gasteiger charge is 1.78. The molecular weight excluding hydrogens is 142 g/mol. The third-order valence-electron chi connectivity index (χ3n) is 0.565. The predicted molar refractivity (Wildman–Crippen MR) is 41.4 cm³/mol. The van der Waals surface area contributed by atoms with Gasteiger partial charge < -0.3 is 5.73 Å². The lowest BCUT2D eigenvalue weighted by molar-refractivity contribution is 1.15. The van der Waals surface area contributed by atoms with Crippen molar-refractivity contribution in [2.24, 2.45) is 5.73 Å². The molecule has 0 atom stereocenters. The molecule has 1 nitrogen and oxygen atoms in total. The van der Waals surface area contributed by atoms with Gasteiger partial charge in [-0.25, -0.2) is 0 Å². The molecule has 0 aromatic rings. The highest BCUT2D eigenvalue weighted by molar-refractivity contribution is 7.99. The number of hydrogen-bond acceptors (Lipinski definition) is 2. The minimum Gasteiger partial charge on any atom is -0.330 e. The van der Waals surface area contributed by atoms with Gasteiger partial charge in [0.25, 0.3) is 0 Å². The topological polar surface area (TPSA) is 26.0 Å². The third-order valence-corrected chi connectivity index (χ3v) is 1.70. The fourth-order valence-corrected chi connectivity index (χ4v) is 1.03. The summed E-state index contributed by atoms with van der Waals surface area (Å²) in [5.41, 5.74) is 6.76. The molecule has 3 heteroatoms. The van der Waals surface area contributed by atoms with Crippen LogP contribution in [0.25, 0.3) is 0 Å². The fraction of sp³-hybridized carbons (Fsp3) is 0.600. The average Bonchev–Trinajstić information content (AvgIpc) is 1.81. The standard InChI is InChI=1S/C5H10ClNS/c6-2-1-4-8-5-3-7/h1-2H,3-5,7H2. The van der Waals surface area contributed by atoms with Crippen molar-refractivity contribution in [2.45, 2.75) is 0 Å². The van der Waals surface area contributed by atoms with Gasteiger partial charge in [-0.2, -0.15) is 11.8 Å². The van der Waals surface area contributed by atoms with E-state index in [2.05, 4.69) is 0 Å². The van der Waals surface area contributed by atoms with Crippen LogP contribution in [-0.4, -0.2) is 18.1 Å². The summed E-state index contributed by atoms with van der Waals surface area (Å²) in [5, 5.41) is 0. The Morgan fingerprint density at radius 1 is 1.62 bits per heavy atom. The van der Waals surface area contributed by atoms with E-state index in [0.29, 0.717) is 0 Å². The van der Waals surface area contributed by atoms with Crippen molar-refractivity contribution in [3.8, 4) is 0 Å². The Balaban J connectivity index is 2.72. The van der Waals surface area contributed by atoms with E-state index in [1.54, 1.807) is 11.8 Å². The Bertz CT molecular complexity index is 65.4. The van der Waals surface area contributed by atoms with Gasteiger partial charge >= 0.3 is 0 Å². The molecule has 0 saturated carbocycles. The van der Waals surface area contributed by atoms with E-state index in [1.807, 2.05) is 6.08 Å². The van der Waals surface area contributed by atoms with E-state index in [4.69, 9.17) is 17.3 Å². The quantitative estimate of drug-likeness (QED) is 0.616. The van der Waals surface area contributed by atoms with Gasteiger partial charge in [-0.05, 0) is 0 Å². The second kappa shape index (κ2) is 7.34. The first-order valence-corrected chi connectivity index (χ1v) is 4.04. The van der Waals surface area contributed by atoms with Crippen molar-refractivity contribution in [1.29, 1.82) is 0 Å². The van der Waals surface area contributed by atoms with Crippen LogP contribution in [0.4, 0.5) is 0 Å². The van der Waals surface area contributed by atoms with Crippen LogP contribution in [0, 0.1) is 0 Å². The van der Waals surface area contributed by atoms with E-state index in [-0.39, 0.29) is 0 Å². The molecule has 0 fully saturated rings. The van der Waals surface area contributed by atoms with Gasteiger partial charge in [-0.15, -0.1) is 0 Å². The molecule has 0 rings (SSSR count). The van der Waals surface area contributed by atoms with Crippen LogP contribution < -0.4 is 5.73 Å². The molecule has 8 heavy (non-hydrogen) atoms. The lowest BCUT2D eigenvalue weighted by Gasteiger charge is -1.89. The van der Waals surface area contributed by atoms with Crippen molar-refractivity contribution in [2.75, 3.05) is 18.1 Å². The summed E-state index contributed by atoms with van der Waals surface area (Å²) in [5.74, 6) is 1.99. The molecular formula is C5H10ClNS. The molecule has 0 radical (unpaired) electrons. The van der Waals surface area contributed by atoms with Crippen LogP contribution >= 0.6 is 23.4 Å². The van der Waals surface area contributed by atoms with Gasteiger partial charge in [0.15, 0.2) is 0 Å². The van der Waals surface area contributed by atoms with E-state index in [9.17, 15) is 0 Å². The zero-order valence-corrected chi connectivity index (χ0v) is 6.21. The second-order valence-corrected chi connectivity index (χ2v) is 2.63. The van der Waals surface area contributed by atoms with Crippen LogP contribution in [0.2, 0.25) is 0 Å². The Morgan fingerprint density at radius 3 is 2.88 bits per heavy atom. The monoisotopic (exact) mass is 151 g/mol. The lowest BCUT2D eigenvalue weighted by atomic mass is 10.8. The highest BCUT2D eigenvalue weighted by atomic mass is 35.5. The van der Waals surface area contributed by atoms with Crippen LogP contribution in [0.3, 0.4) is 0 Å². The predicted octanol–water partition coefficient (Wildman–Crippen LogP) is 1.43. The minimum atomic E-state index is 0.751. The van der Waals surface area contributed by atoms with Crippen LogP contribution in [0.5, 0.6) is 0 Å². The fourth-order valence-electron chi connectivity index (χ4n) is 0.271. The lowest BCUT2D eigenvalue weighted by Crippen LogP contribution is -2.01. The average molecular weight is 152 g/mol. The first-order valence-electron chi connectivity index (χ1n) is 2.45. The van der Waals surface area contributed by atoms with E-state index in [1.165, 1.54) is 5.54 Å². The molecule has 0 bridgehead atoms. The zero-order chi connectivity index (χ0) is 6.24. The van der Waals surface area contributed by atoms with Crippen molar-refractivity contribution in [3.05, 3.63) is 11.6 Å². The van der Waals surface area contributed by atoms with Gasteiger partial charge in [-0.3, -0.25) is 0 Å². The van der Waals surface area contributed by atoms with Crippen molar-refractivity contribution in [3.63, 3.8) is 0 Å². The maximum absolute atomic E-state index is 5.26. The number of nitrogens with two attached hydrogens (primary N) is 1. The SMILES string of the molecule is NCCSCC=CCl. The molecule has 0 aliphatic carbocycles. The summed E-state index contributed by atoms with van der Waals surface area (Å²) in [6.07, 6.45) is 1.90. The summed E-state index contributed by atoms with van der Waals surface area (Å²) < 4.78 is 0. The molecule has 0 aromatic carbocycles. The summed E-state index contributed by atoms with van der Waals surface area (Å²) in [6, 6.07) is 0. The number of hydrogen-bond donors (Lipinski definition) is 1. The molecule has 0 unspecified atom stereocenters. The summed E-state index contributed by atoms with van der Waals surface area (Å²) in [4.78, 5) is 0. The molecule has 0 aromatic heterocycles.